The van der Waals surface area contributed by atoms with Crippen molar-refractivity contribution in [2.24, 2.45) is 5.73 Å². The van der Waals surface area contributed by atoms with Crippen LogP contribution >= 0.6 is 0 Å². The number of nitrogens with one attached hydrogen (secondary N) is 2. The number of alkyl carbamates (subject to hydrolysis) is 1. The van der Waals surface area contributed by atoms with Crippen LogP contribution in [0.2, 0.25) is 0 Å². The molecule has 0 fully saturated rings. The predicted molar refractivity (Wildman–Crippen MR) is 101 cm³/mol. The molecule has 158 valence electrons. The summed E-state index contributed by atoms with van der Waals surface area (Å²) in [4.78, 5) is 26.9. The Morgan fingerprint density at radius 2 is 1.80 bits per heavy atom. The number of benzene rings is 2. The third kappa shape index (κ3) is 5.66. The Hall–Kier alpha value is -3.69. The summed E-state index contributed by atoms with van der Waals surface area (Å²) in [5, 5.41) is 3.31. The number of hydrogen-bond donors (Lipinski definition) is 3. The van der Waals surface area contributed by atoms with Gasteiger partial charge in [-0.05, 0) is 29.3 Å². The summed E-state index contributed by atoms with van der Waals surface area (Å²) in [7, 11) is 0. The number of amides is 2. The highest BCUT2D eigenvalue weighted by molar-refractivity contribution is 5.87. The van der Waals surface area contributed by atoms with E-state index >= 15 is 0 Å². The van der Waals surface area contributed by atoms with E-state index in [1.165, 1.54) is 12.1 Å². The van der Waals surface area contributed by atoms with E-state index in [9.17, 15) is 22.8 Å². The SMILES string of the molecule is NC(=O)C(Cc1c[nH]c2ccccc12)NC(=O)OCc1ccc(OC(F)(F)F)cc1. The highest BCUT2D eigenvalue weighted by atomic mass is 19.4. The summed E-state index contributed by atoms with van der Waals surface area (Å²) in [6, 6.07) is 11.3. The molecule has 0 aliphatic carbocycles. The first-order valence-electron chi connectivity index (χ1n) is 8.83. The lowest BCUT2D eigenvalue weighted by Gasteiger charge is -2.15. The van der Waals surface area contributed by atoms with Crippen molar-refractivity contribution < 1.29 is 32.2 Å². The number of ether oxygens (including phenoxy) is 2. The Bertz CT molecular complexity index is 1030. The second-order valence-corrected chi connectivity index (χ2v) is 6.43. The van der Waals surface area contributed by atoms with Gasteiger partial charge in [0.15, 0.2) is 0 Å². The topological polar surface area (TPSA) is 106 Å². The van der Waals surface area contributed by atoms with E-state index in [4.69, 9.17) is 10.5 Å². The van der Waals surface area contributed by atoms with Gasteiger partial charge in [0.05, 0.1) is 0 Å². The van der Waals surface area contributed by atoms with Gasteiger partial charge in [-0.1, -0.05) is 30.3 Å². The third-order valence-corrected chi connectivity index (χ3v) is 4.26. The monoisotopic (exact) mass is 421 g/mol. The maximum atomic E-state index is 12.2. The minimum Gasteiger partial charge on any atom is -0.445 e. The van der Waals surface area contributed by atoms with Gasteiger partial charge in [0.1, 0.15) is 18.4 Å². The number of primary amides is 1. The maximum absolute atomic E-state index is 12.2. The van der Waals surface area contributed by atoms with Crippen LogP contribution in [-0.4, -0.2) is 29.4 Å². The van der Waals surface area contributed by atoms with Crippen LogP contribution in [0.5, 0.6) is 5.75 Å². The number of carbonyl (C=O) groups excluding carboxylic acids is 2. The molecular formula is C20H18F3N3O4. The first kappa shape index (κ1) is 21.0. The molecule has 10 heteroatoms. The number of carbonyl (C=O) groups is 2. The quantitative estimate of drug-likeness (QED) is 0.544. The van der Waals surface area contributed by atoms with Crippen molar-refractivity contribution in [3.63, 3.8) is 0 Å². The second kappa shape index (κ2) is 8.76. The van der Waals surface area contributed by atoms with Crippen LogP contribution in [0.25, 0.3) is 10.9 Å². The van der Waals surface area contributed by atoms with Gasteiger partial charge in [-0.25, -0.2) is 4.79 Å². The predicted octanol–water partition coefficient (Wildman–Crippen LogP) is 3.39. The average Bonchev–Trinajstić information content (AvgIpc) is 3.09. The number of alkyl halides is 3. The first-order valence-corrected chi connectivity index (χ1v) is 8.83. The van der Waals surface area contributed by atoms with E-state index in [1.807, 2.05) is 24.3 Å². The number of aromatic amines is 1. The normalized spacial score (nSPS) is 12.4. The van der Waals surface area contributed by atoms with Gasteiger partial charge in [0.25, 0.3) is 0 Å². The van der Waals surface area contributed by atoms with Crippen molar-refractivity contribution >= 4 is 22.9 Å². The second-order valence-electron chi connectivity index (χ2n) is 6.43. The molecule has 0 aliphatic rings. The fourth-order valence-corrected chi connectivity index (χ4v) is 2.86. The summed E-state index contributed by atoms with van der Waals surface area (Å²) >= 11 is 0. The van der Waals surface area contributed by atoms with Crippen molar-refractivity contribution in [1.29, 1.82) is 0 Å². The molecule has 0 radical (unpaired) electrons. The van der Waals surface area contributed by atoms with Crippen LogP contribution in [0.3, 0.4) is 0 Å². The molecule has 3 rings (SSSR count). The highest BCUT2D eigenvalue weighted by Gasteiger charge is 2.31. The zero-order valence-electron chi connectivity index (χ0n) is 15.5. The molecule has 30 heavy (non-hydrogen) atoms. The third-order valence-electron chi connectivity index (χ3n) is 4.26. The number of H-pyrrole nitrogens is 1. The number of fused-ring (bicyclic) bond motifs is 1. The zero-order chi connectivity index (χ0) is 21.7. The van der Waals surface area contributed by atoms with Crippen molar-refractivity contribution in [2.45, 2.75) is 25.4 Å². The lowest BCUT2D eigenvalue weighted by Crippen LogP contribution is -2.46. The van der Waals surface area contributed by atoms with Crippen LogP contribution in [0.15, 0.2) is 54.7 Å². The molecule has 0 saturated carbocycles. The molecule has 0 aliphatic heterocycles. The van der Waals surface area contributed by atoms with Gasteiger partial charge in [-0.2, -0.15) is 0 Å². The van der Waals surface area contributed by atoms with E-state index in [0.29, 0.717) is 5.56 Å². The smallest absolute Gasteiger partial charge is 0.445 e. The fraction of sp³-hybridized carbons (Fsp3) is 0.200. The summed E-state index contributed by atoms with van der Waals surface area (Å²) < 4.78 is 45.3. The zero-order valence-corrected chi connectivity index (χ0v) is 15.5. The maximum Gasteiger partial charge on any atom is 0.573 e. The van der Waals surface area contributed by atoms with Gasteiger partial charge in [-0.3, -0.25) is 4.79 Å². The van der Waals surface area contributed by atoms with Gasteiger partial charge < -0.3 is 25.5 Å². The number of rotatable bonds is 7. The van der Waals surface area contributed by atoms with Crippen LogP contribution in [0, 0.1) is 0 Å². The number of halogens is 3. The minimum atomic E-state index is -4.79. The van der Waals surface area contributed by atoms with Crippen LogP contribution in [-0.2, 0) is 22.6 Å². The van der Waals surface area contributed by atoms with Crippen LogP contribution < -0.4 is 15.8 Å². The molecule has 1 heterocycles. The molecule has 2 aromatic carbocycles. The summed E-state index contributed by atoms with van der Waals surface area (Å²) in [6.45, 7) is -0.212. The largest absolute Gasteiger partial charge is 0.573 e. The number of para-hydroxylation sites is 1. The number of hydrogen-bond acceptors (Lipinski definition) is 4. The number of aromatic nitrogens is 1. The van der Waals surface area contributed by atoms with E-state index in [0.717, 1.165) is 28.6 Å². The summed E-state index contributed by atoms with van der Waals surface area (Å²) in [6.07, 6.45) is -3.77. The highest BCUT2D eigenvalue weighted by Crippen LogP contribution is 2.23. The minimum absolute atomic E-state index is 0.165. The average molecular weight is 421 g/mol. The lowest BCUT2D eigenvalue weighted by atomic mass is 10.0. The van der Waals surface area contributed by atoms with Gasteiger partial charge in [0, 0.05) is 23.5 Å². The van der Waals surface area contributed by atoms with E-state index in [-0.39, 0.29) is 18.8 Å². The van der Waals surface area contributed by atoms with E-state index in [2.05, 4.69) is 15.0 Å². The molecule has 4 N–H and O–H groups in total. The fourth-order valence-electron chi connectivity index (χ4n) is 2.86. The van der Waals surface area contributed by atoms with Crippen LogP contribution in [0.4, 0.5) is 18.0 Å². The standard InChI is InChI=1S/C20H18F3N3O4/c21-20(22,23)30-14-7-5-12(6-8-14)11-29-19(28)26-17(18(24)27)9-13-10-25-16-4-2-1-3-15(13)16/h1-8,10,17,25H,9,11H2,(H2,24,27)(H,26,28). The Morgan fingerprint density at radius 1 is 1.10 bits per heavy atom. The molecule has 1 unspecified atom stereocenters. The number of nitrogens with two attached hydrogens (primary N) is 1. The van der Waals surface area contributed by atoms with Gasteiger partial charge in [0.2, 0.25) is 5.91 Å². The molecular weight excluding hydrogens is 403 g/mol. The van der Waals surface area contributed by atoms with Crippen LogP contribution in [0.1, 0.15) is 11.1 Å². The molecule has 0 bridgehead atoms. The Labute approximate surface area is 169 Å². The summed E-state index contributed by atoms with van der Waals surface area (Å²) in [5.74, 6) is -1.12. The van der Waals surface area contributed by atoms with Crippen molar-refractivity contribution in [1.82, 2.24) is 10.3 Å². The Morgan fingerprint density at radius 3 is 2.47 bits per heavy atom. The Balaban J connectivity index is 1.56. The van der Waals surface area contributed by atoms with E-state index < -0.39 is 24.4 Å². The molecule has 0 spiro atoms. The first-order chi connectivity index (χ1) is 14.2. The van der Waals surface area contributed by atoms with Crippen molar-refractivity contribution in [3.8, 4) is 5.75 Å². The Kier molecular flexibility index (Phi) is 6.14. The molecule has 2 amide bonds. The van der Waals surface area contributed by atoms with Crippen molar-refractivity contribution in [3.05, 3.63) is 65.9 Å². The van der Waals surface area contributed by atoms with Crippen molar-refractivity contribution in [2.75, 3.05) is 0 Å². The molecule has 7 nitrogen and oxygen atoms in total. The molecule has 3 aromatic rings. The summed E-state index contributed by atoms with van der Waals surface area (Å²) in [5.41, 5.74) is 7.52. The van der Waals surface area contributed by atoms with Gasteiger partial charge >= 0.3 is 12.5 Å². The molecule has 1 aromatic heterocycles. The lowest BCUT2D eigenvalue weighted by molar-refractivity contribution is -0.274. The van der Waals surface area contributed by atoms with Gasteiger partial charge in [-0.15, -0.1) is 13.2 Å². The molecule has 1 atom stereocenters. The van der Waals surface area contributed by atoms with E-state index in [1.54, 1.807) is 6.20 Å². The molecule has 0 saturated heterocycles.